The minimum Gasteiger partial charge on any atom is -0.491 e. The number of hydrogen-bond donors (Lipinski definition) is 2. The number of rotatable bonds is 4. The minimum atomic E-state index is -0.770. The second kappa shape index (κ2) is 4.76. The molecule has 5 heteroatoms. The lowest BCUT2D eigenvalue weighted by molar-refractivity contribution is 0.311. The minimum absolute atomic E-state index is 0.102. The first-order chi connectivity index (χ1) is 6.69. The van der Waals surface area contributed by atoms with Gasteiger partial charge in [-0.15, -0.1) is 0 Å². The highest BCUT2D eigenvalue weighted by Crippen LogP contribution is 2.24. The molecule has 1 aromatic carbocycles. The molecule has 0 radical (unpaired) electrons. The van der Waals surface area contributed by atoms with Crippen LogP contribution in [0.25, 0.3) is 0 Å². The van der Waals surface area contributed by atoms with Gasteiger partial charge in [0.25, 0.3) is 0 Å². The van der Waals surface area contributed by atoms with Gasteiger partial charge in [0, 0.05) is 24.4 Å². The number of halogens is 2. The van der Waals surface area contributed by atoms with Crippen LogP contribution >= 0.6 is 0 Å². The first-order valence-corrected chi connectivity index (χ1v) is 4.06. The quantitative estimate of drug-likeness (QED) is 0.776. The lowest BCUT2D eigenvalue weighted by atomic mass is 10.2. The van der Waals surface area contributed by atoms with E-state index in [4.69, 9.17) is 5.11 Å². The number of anilines is 1. The number of methoxy groups -OCH3 is 1. The van der Waals surface area contributed by atoms with E-state index in [9.17, 15) is 8.78 Å². The molecule has 0 saturated carbocycles. The molecule has 0 saturated heterocycles. The summed E-state index contributed by atoms with van der Waals surface area (Å²) >= 11 is 0. The Kier molecular flexibility index (Phi) is 3.64. The molecule has 0 aliphatic rings. The normalized spacial score (nSPS) is 10.0. The maximum atomic E-state index is 13.1. The summed E-state index contributed by atoms with van der Waals surface area (Å²) in [6, 6.07) is 2.22. The Labute approximate surface area is 80.3 Å². The molecule has 14 heavy (non-hydrogen) atoms. The number of hydrogen-bond acceptors (Lipinski definition) is 3. The van der Waals surface area contributed by atoms with Crippen LogP contribution in [0.4, 0.5) is 14.5 Å². The van der Waals surface area contributed by atoms with E-state index in [1.54, 1.807) is 0 Å². The summed E-state index contributed by atoms with van der Waals surface area (Å²) in [6.07, 6.45) is 0. The monoisotopic (exact) mass is 203 g/mol. The number of aliphatic hydroxyl groups is 1. The zero-order valence-electron chi connectivity index (χ0n) is 7.68. The van der Waals surface area contributed by atoms with Crippen LogP contribution in [0.3, 0.4) is 0 Å². The van der Waals surface area contributed by atoms with Gasteiger partial charge in [0.15, 0.2) is 17.4 Å². The van der Waals surface area contributed by atoms with Crippen molar-refractivity contribution in [2.75, 3.05) is 25.6 Å². The Balaban J connectivity index is 2.90. The molecule has 1 rings (SSSR count). The standard InChI is InChI=1S/C9H11F2NO2/c1-14-9-7(10)4-6(5-8(9)11)12-2-3-13/h4-5,12-13H,2-3H2,1H3. The van der Waals surface area contributed by atoms with Gasteiger partial charge in [-0.25, -0.2) is 8.78 Å². The summed E-state index contributed by atoms with van der Waals surface area (Å²) in [4.78, 5) is 0. The zero-order chi connectivity index (χ0) is 10.6. The molecule has 2 N–H and O–H groups in total. The van der Waals surface area contributed by atoms with E-state index < -0.39 is 17.4 Å². The Morgan fingerprint density at radius 3 is 2.36 bits per heavy atom. The molecule has 0 aliphatic carbocycles. The molecule has 0 unspecified atom stereocenters. The predicted octanol–water partition coefficient (Wildman–Crippen LogP) is 1.38. The lowest BCUT2D eigenvalue weighted by Crippen LogP contribution is -2.06. The average molecular weight is 203 g/mol. The maximum Gasteiger partial charge on any atom is 0.190 e. The summed E-state index contributed by atoms with van der Waals surface area (Å²) in [6.45, 7) is 0.139. The first-order valence-electron chi connectivity index (χ1n) is 4.06. The summed E-state index contributed by atoms with van der Waals surface area (Å²) in [5.41, 5.74) is 0.273. The first kappa shape index (κ1) is 10.7. The number of nitrogens with one attached hydrogen (secondary N) is 1. The second-order valence-corrected chi connectivity index (χ2v) is 2.62. The van der Waals surface area contributed by atoms with Crippen molar-refractivity contribution in [2.24, 2.45) is 0 Å². The van der Waals surface area contributed by atoms with E-state index in [1.807, 2.05) is 0 Å². The van der Waals surface area contributed by atoms with Crippen LogP contribution in [0.1, 0.15) is 0 Å². The molecule has 0 spiro atoms. The van der Waals surface area contributed by atoms with Crippen molar-refractivity contribution >= 4 is 5.69 Å². The molecule has 0 fully saturated rings. The fourth-order valence-electron chi connectivity index (χ4n) is 1.06. The molecule has 0 aliphatic heterocycles. The maximum absolute atomic E-state index is 13.1. The summed E-state index contributed by atoms with van der Waals surface area (Å²) in [5, 5.41) is 11.1. The highest BCUT2D eigenvalue weighted by atomic mass is 19.1. The molecule has 0 aromatic heterocycles. The molecule has 78 valence electrons. The largest absolute Gasteiger partial charge is 0.491 e. The molecule has 0 amide bonds. The Hall–Kier alpha value is -1.36. The van der Waals surface area contributed by atoms with E-state index >= 15 is 0 Å². The van der Waals surface area contributed by atoms with Crippen LogP contribution in [0.15, 0.2) is 12.1 Å². The number of ether oxygens (including phenoxy) is 1. The van der Waals surface area contributed by atoms with Crippen molar-refractivity contribution < 1.29 is 18.6 Å². The molecular formula is C9H11F2NO2. The molecule has 3 nitrogen and oxygen atoms in total. The molecule has 0 heterocycles. The van der Waals surface area contributed by atoms with Crippen molar-refractivity contribution in [3.05, 3.63) is 23.8 Å². The topological polar surface area (TPSA) is 41.5 Å². The van der Waals surface area contributed by atoms with Crippen molar-refractivity contribution in [1.82, 2.24) is 0 Å². The van der Waals surface area contributed by atoms with Crippen molar-refractivity contribution in [2.45, 2.75) is 0 Å². The second-order valence-electron chi connectivity index (χ2n) is 2.62. The molecular weight excluding hydrogens is 192 g/mol. The highest BCUT2D eigenvalue weighted by molar-refractivity contribution is 5.48. The van der Waals surface area contributed by atoms with Crippen LogP contribution < -0.4 is 10.1 Å². The molecule has 0 bridgehead atoms. The van der Waals surface area contributed by atoms with E-state index in [0.29, 0.717) is 0 Å². The number of benzene rings is 1. The fraction of sp³-hybridized carbons (Fsp3) is 0.333. The third kappa shape index (κ3) is 2.32. The van der Waals surface area contributed by atoms with Gasteiger partial charge in [-0.2, -0.15) is 0 Å². The van der Waals surface area contributed by atoms with Gasteiger partial charge in [-0.1, -0.05) is 0 Å². The number of aliphatic hydroxyl groups excluding tert-OH is 1. The summed E-state index contributed by atoms with van der Waals surface area (Å²) in [7, 11) is 1.20. The van der Waals surface area contributed by atoms with Gasteiger partial charge >= 0.3 is 0 Å². The van der Waals surface area contributed by atoms with Gasteiger partial charge < -0.3 is 15.2 Å². The molecule has 1 aromatic rings. The van der Waals surface area contributed by atoms with Crippen molar-refractivity contribution in [3.63, 3.8) is 0 Å². The van der Waals surface area contributed by atoms with Crippen LogP contribution in [0, 0.1) is 11.6 Å². The van der Waals surface area contributed by atoms with Gasteiger partial charge in [-0.05, 0) is 0 Å². The van der Waals surface area contributed by atoms with Gasteiger partial charge in [0.1, 0.15) is 0 Å². The predicted molar refractivity (Wildman–Crippen MR) is 48.5 cm³/mol. The molecule has 0 atom stereocenters. The van der Waals surface area contributed by atoms with Gasteiger partial charge in [-0.3, -0.25) is 0 Å². The van der Waals surface area contributed by atoms with Crippen molar-refractivity contribution in [1.29, 1.82) is 0 Å². The van der Waals surface area contributed by atoms with Crippen molar-refractivity contribution in [3.8, 4) is 5.75 Å². The Morgan fingerprint density at radius 2 is 1.93 bits per heavy atom. The van der Waals surface area contributed by atoms with Crippen LogP contribution in [0.5, 0.6) is 5.75 Å². The smallest absolute Gasteiger partial charge is 0.190 e. The van der Waals surface area contributed by atoms with E-state index in [0.717, 1.165) is 12.1 Å². The van der Waals surface area contributed by atoms with E-state index in [1.165, 1.54) is 7.11 Å². The third-order valence-electron chi connectivity index (χ3n) is 1.64. The average Bonchev–Trinajstić information content (AvgIpc) is 2.14. The summed E-state index contributed by atoms with van der Waals surface area (Å²) < 4.78 is 30.7. The zero-order valence-corrected chi connectivity index (χ0v) is 7.68. The van der Waals surface area contributed by atoms with E-state index in [2.05, 4.69) is 10.1 Å². The highest BCUT2D eigenvalue weighted by Gasteiger charge is 2.10. The Morgan fingerprint density at radius 1 is 1.36 bits per heavy atom. The lowest BCUT2D eigenvalue weighted by Gasteiger charge is -2.08. The summed E-state index contributed by atoms with van der Waals surface area (Å²) in [5.74, 6) is -1.94. The van der Waals surface area contributed by atoms with Gasteiger partial charge in [0.2, 0.25) is 0 Å². The van der Waals surface area contributed by atoms with Gasteiger partial charge in [0.05, 0.1) is 13.7 Å². The Bertz CT molecular complexity index is 295. The van der Waals surface area contributed by atoms with Crippen LogP contribution in [-0.2, 0) is 0 Å². The fourth-order valence-corrected chi connectivity index (χ4v) is 1.06. The van der Waals surface area contributed by atoms with Crippen LogP contribution in [-0.4, -0.2) is 25.4 Å². The SMILES string of the molecule is COc1c(F)cc(NCCO)cc1F. The third-order valence-corrected chi connectivity index (χ3v) is 1.64. The van der Waals surface area contributed by atoms with Crippen LogP contribution in [0.2, 0.25) is 0 Å². The van der Waals surface area contributed by atoms with E-state index in [-0.39, 0.29) is 18.8 Å².